The van der Waals surface area contributed by atoms with Gasteiger partial charge in [-0.25, -0.2) is 0 Å². The lowest BCUT2D eigenvalue weighted by atomic mass is 10.1. The van der Waals surface area contributed by atoms with Crippen LogP contribution in [0.3, 0.4) is 0 Å². The second-order valence-electron chi connectivity index (χ2n) is 3.75. The largest absolute Gasteiger partial charge is 0.380 e. The van der Waals surface area contributed by atoms with Gasteiger partial charge in [-0.05, 0) is 31.5 Å². The smallest absolute Gasteiger partial charge is 0.0641 e. The Balaban J connectivity index is 2.82. The molecule has 4 heteroatoms. The maximum Gasteiger partial charge on any atom is 0.0641 e. The van der Waals surface area contributed by atoms with Gasteiger partial charge in [-0.1, -0.05) is 17.7 Å². The van der Waals surface area contributed by atoms with E-state index in [0.717, 1.165) is 42.6 Å². The molecular formula is C13H21ClN2O. The molecule has 0 aliphatic heterocycles. The Hall–Kier alpha value is -0.770. The third-order valence-electron chi connectivity index (χ3n) is 2.70. The molecule has 2 N–H and O–H groups in total. The second-order valence-corrected chi connectivity index (χ2v) is 4.19. The third kappa shape index (κ3) is 4.19. The number of ether oxygens (including phenoxy) is 1. The predicted octanol–water partition coefficient (Wildman–Crippen LogP) is 2.66. The minimum Gasteiger partial charge on any atom is -0.380 e. The Labute approximate surface area is 109 Å². The van der Waals surface area contributed by atoms with E-state index in [2.05, 4.69) is 11.8 Å². The molecule has 3 nitrogen and oxygen atoms in total. The molecule has 0 heterocycles. The van der Waals surface area contributed by atoms with Crippen molar-refractivity contribution in [2.45, 2.75) is 20.4 Å². The van der Waals surface area contributed by atoms with Crippen LogP contribution < -0.4 is 10.6 Å². The quantitative estimate of drug-likeness (QED) is 0.763. The van der Waals surface area contributed by atoms with Crippen molar-refractivity contribution in [2.24, 2.45) is 5.73 Å². The van der Waals surface area contributed by atoms with Crippen molar-refractivity contribution in [2.75, 3.05) is 31.2 Å². The molecule has 0 atom stereocenters. The molecule has 17 heavy (non-hydrogen) atoms. The molecule has 1 rings (SSSR count). The molecule has 0 aromatic heterocycles. The average Bonchev–Trinajstić information content (AvgIpc) is 2.35. The van der Waals surface area contributed by atoms with E-state index < -0.39 is 0 Å². The van der Waals surface area contributed by atoms with E-state index in [9.17, 15) is 0 Å². The van der Waals surface area contributed by atoms with Gasteiger partial charge in [-0.2, -0.15) is 0 Å². The van der Waals surface area contributed by atoms with Gasteiger partial charge in [-0.15, -0.1) is 0 Å². The molecule has 0 fully saturated rings. The summed E-state index contributed by atoms with van der Waals surface area (Å²) >= 11 is 6.04. The molecular weight excluding hydrogens is 236 g/mol. The Morgan fingerprint density at radius 3 is 2.71 bits per heavy atom. The molecule has 0 amide bonds. The van der Waals surface area contributed by atoms with E-state index in [4.69, 9.17) is 22.1 Å². The van der Waals surface area contributed by atoms with Gasteiger partial charge in [0.1, 0.15) is 0 Å². The van der Waals surface area contributed by atoms with E-state index in [0.29, 0.717) is 6.54 Å². The predicted molar refractivity (Wildman–Crippen MR) is 73.7 cm³/mol. The first-order valence-corrected chi connectivity index (χ1v) is 6.41. The number of rotatable bonds is 7. The van der Waals surface area contributed by atoms with E-state index in [1.807, 2.05) is 25.1 Å². The van der Waals surface area contributed by atoms with E-state index in [-0.39, 0.29) is 0 Å². The molecule has 0 saturated heterocycles. The summed E-state index contributed by atoms with van der Waals surface area (Å²) in [5, 5.41) is 0.743. The lowest BCUT2D eigenvalue weighted by Crippen LogP contribution is -2.28. The van der Waals surface area contributed by atoms with Gasteiger partial charge in [0.05, 0.1) is 6.61 Å². The lowest BCUT2D eigenvalue weighted by molar-refractivity contribution is 0.154. The molecule has 96 valence electrons. The van der Waals surface area contributed by atoms with E-state index in [1.165, 1.54) is 0 Å². The molecule has 0 bridgehead atoms. The maximum absolute atomic E-state index is 6.04. The van der Waals surface area contributed by atoms with Crippen LogP contribution >= 0.6 is 11.6 Å². The second kappa shape index (κ2) is 7.54. The normalized spacial score (nSPS) is 10.6. The minimum absolute atomic E-state index is 0.525. The first-order chi connectivity index (χ1) is 8.22. The Kier molecular flexibility index (Phi) is 6.34. The zero-order valence-electron chi connectivity index (χ0n) is 10.6. The highest BCUT2D eigenvalue weighted by Crippen LogP contribution is 2.24. The minimum atomic E-state index is 0.525. The first kappa shape index (κ1) is 14.3. The number of likely N-dealkylation sites (N-methyl/N-ethyl adjacent to an activating group) is 1. The Bertz CT molecular complexity index is 344. The molecule has 0 radical (unpaired) electrons. The number of hydrogen-bond donors (Lipinski definition) is 1. The van der Waals surface area contributed by atoms with Crippen molar-refractivity contribution in [3.8, 4) is 0 Å². The number of nitrogens with two attached hydrogens (primary N) is 1. The number of halogens is 1. The molecule has 0 aliphatic rings. The fourth-order valence-corrected chi connectivity index (χ4v) is 1.94. The van der Waals surface area contributed by atoms with Crippen molar-refractivity contribution < 1.29 is 4.74 Å². The SMILES string of the molecule is CCOCCN(CC)c1cc(Cl)ccc1CN. The molecule has 0 saturated carbocycles. The van der Waals surface area contributed by atoms with Crippen LogP contribution in [0.5, 0.6) is 0 Å². The molecule has 0 spiro atoms. The number of hydrogen-bond acceptors (Lipinski definition) is 3. The summed E-state index contributed by atoms with van der Waals surface area (Å²) in [6.45, 7) is 7.89. The van der Waals surface area contributed by atoms with Gasteiger partial charge < -0.3 is 15.4 Å². The van der Waals surface area contributed by atoms with Gasteiger partial charge in [0, 0.05) is 37.0 Å². The first-order valence-electron chi connectivity index (χ1n) is 6.04. The lowest BCUT2D eigenvalue weighted by Gasteiger charge is -2.25. The highest BCUT2D eigenvalue weighted by Gasteiger charge is 2.09. The van der Waals surface area contributed by atoms with Crippen LogP contribution in [-0.4, -0.2) is 26.3 Å². The van der Waals surface area contributed by atoms with E-state index >= 15 is 0 Å². The van der Waals surface area contributed by atoms with Crippen molar-refractivity contribution in [3.63, 3.8) is 0 Å². The van der Waals surface area contributed by atoms with Gasteiger partial charge in [0.25, 0.3) is 0 Å². The van der Waals surface area contributed by atoms with Crippen molar-refractivity contribution in [3.05, 3.63) is 28.8 Å². The van der Waals surface area contributed by atoms with Crippen LogP contribution in [0.2, 0.25) is 5.02 Å². The Morgan fingerprint density at radius 2 is 2.12 bits per heavy atom. The average molecular weight is 257 g/mol. The van der Waals surface area contributed by atoms with Gasteiger partial charge in [0.2, 0.25) is 0 Å². The van der Waals surface area contributed by atoms with Crippen LogP contribution in [-0.2, 0) is 11.3 Å². The summed E-state index contributed by atoms with van der Waals surface area (Å²) in [5.74, 6) is 0. The number of benzene rings is 1. The zero-order valence-corrected chi connectivity index (χ0v) is 11.3. The van der Waals surface area contributed by atoms with Crippen molar-refractivity contribution >= 4 is 17.3 Å². The van der Waals surface area contributed by atoms with Crippen LogP contribution in [0.15, 0.2) is 18.2 Å². The summed E-state index contributed by atoms with van der Waals surface area (Å²) < 4.78 is 5.39. The van der Waals surface area contributed by atoms with Gasteiger partial charge >= 0.3 is 0 Å². The summed E-state index contributed by atoms with van der Waals surface area (Å²) in [6, 6.07) is 5.84. The fourth-order valence-electron chi connectivity index (χ4n) is 1.77. The summed E-state index contributed by atoms with van der Waals surface area (Å²) in [7, 11) is 0. The Morgan fingerprint density at radius 1 is 1.35 bits per heavy atom. The summed E-state index contributed by atoms with van der Waals surface area (Å²) in [4.78, 5) is 2.24. The zero-order chi connectivity index (χ0) is 12.7. The molecule has 0 aliphatic carbocycles. The standard InChI is InChI=1S/C13H21ClN2O/c1-3-16(7-8-17-4-2)13-9-12(14)6-5-11(13)10-15/h5-6,9H,3-4,7-8,10,15H2,1-2H3. The van der Waals surface area contributed by atoms with Gasteiger partial charge in [0.15, 0.2) is 0 Å². The monoisotopic (exact) mass is 256 g/mol. The third-order valence-corrected chi connectivity index (χ3v) is 2.93. The topological polar surface area (TPSA) is 38.5 Å². The maximum atomic E-state index is 6.04. The van der Waals surface area contributed by atoms with Crippen LogP contribution in [0.25, 0.3) is 0 Å². The highest BCUT2D eigenvalue weighted by atomic mass is 35.5. The van der Waals surface area contributed by atoms with Crippen molar-refractivity contribution in [1.82, 2.24) is 0 Å². The van der Waals surface area contributed by atoms with Crippen LogP contribution in [0.4, 0.5) is 5.69 Å². The summed E-state index contributed by atoms with van der Waals surface area (Å²) in [6.07, 6.45) is 0. The number of nitrogens with zero attached hydrogens (tertiary/aromatic N) is 1. The number of anilines is 1. The van der Waals surface area contributed by atoms with Crippen LogP contribution in [0, 0.1) is 0 Å². The van der Waals surface area contributed by atoms with Crippen LogP contribution in [0.1, 0.15) is 19.4 Å². The summed E-state index contributed by atoms with van der Waals surface area (Å²) in [5.41, 5.74) is 7.98. The van der Waals surface area contributed by atoms with E-state index in [1.54, 1.807) is 0 Å². The molecule has 1 aromatic carbocycles. The molecule has 0 unspecified atom stereocenters. The van der Waals surface area contributed by atoms with Crippen molar-refractivity contribution in [1.29, 1.82) is 0 Å². The van der Waals surface area contributed by atoms with Gasteiger partial charge in [-0.3, -0.25) is 0 Å². The fraction of sp³-hybridized carbons (Fsp3) is 0.538. The highest BCUT2D eigenvalue weighted by molar-refractivity contribution is 6.30. The molecule has 1 aromatic rings.